The van der Waals surface area contributed by atoms with Gasteiger partial charge < -0.3 is 9.64 Å². The van der Waals surface area contributed by atoms with Gasteiger partial charge in [-0.1, -0.05) is 22.0 Å². The first-order valence-electron chi connectivity index (χ1n) is 4.65. The second-order valence-electron chi connectivity index (χ2n) is 3.23. The summed E-state index contributed by atoms with van der Waals surface area (Å²) in [5, 5.41) is 0. The zero-order chi connectivity index (χ0) is 11.3. The van der Waals surface area contributed by atoms with Crippen LogP contribution in [0.15, 0.2) is 28.7 Å². The highest BCUT2D eigenvalue weighted by atomic mass is 79.9. The summed E-state index contributed by atoms with van der Waals surface area (Å²) in [6, 6.07) is 7.36. The number of likely N-dealkylation sites (N-methyl/N-ethyl adjacent to an activating group) is 1. The minimum absolute atomic E-state index is 0.00773. The molecule has 0 spiro atoms. The Bertz CT molecular complexity index is 341. The van der Waals surface area contributed by atoms with Crippen LogP contribution in [0.2, 0.25) is 0 Å². The third-order valence-corrected chi connectivity index (χ3v) is 2.54. The summed E-state index contributed by atoms with van der Waals surface area (Å²) in [5.41, 5.74) is 0.683. The normalized spacial score (nSPS) is 10.1. The van der Waals surface area contributed by atoms with Gasteiger partial charge in [-0.2, -0.15) is 0 Å². The van der Waals surface area contributed by atoms with E-state index < -0.39 is 0 Å². The van der Waals surface area contributed by atoms with Gasteiger partial charge in [-0.25, -0.2) is 0 Å². The van der Waals surface area contributed by atoms with E-state index in [-0.39, 0.29) is 5.91 Å². The van der Waals surface area contributed by atoms with E-state index in [0.29, 0.717) is 18.7 Å². The third kappa shape index (κ3) is 3.64. The predicted molar refractivity (Wildman–Crippen MR) is 63.0 cm³/mol. The largest absolute Gasteiger partial charge is 0.383 e. The predicted octanol–water partition coefficient (Wildman–Crippen LogP) is 2.17. The zero-order valence-electron chi connectivity index (χ0n) is 8.87. The molecule has 0 aliphatic rings. The molecular formula is C11H14BrNO2. The first-order valence-corrected chi connectivity index (χ1v) is 5.44. The van der Waals surface area contributed by atoms with Crippen molar-refractivity contribution in [2.45, 2.75) is 0 Å². The molecule has 0 N–H and O–H groups in total. The molecule has 15 heavy (non-hydrogen) atoms. The van der Waals surface area contributed by atoms with Crippen LogP contribution in [-0.2, 0) is 4.74 Å². The molecule has 0 aliphatic carbocycles. The molecule has 0 fully saturated rings. The number of carbonyl (C=O) groups excluding carboxylic acids is 1. The number of benzene rings is 1. The number of methoxy groups -OCH3 is 1. The number of carbonyl (C=O) groups is 1. The van der Waals surface area contributed by atoms with Gasteiger partial charge in [0.1, 0.15) is 0 Å². The molecule has 0 saturated carbocycles. The highest BCUT2D eigenvalue weighted by Gasteiger charge is 2.10. The van der Waals surface area contributed by atoms with Gasteiger partial charge in [-0.05, 0) is 18.2 Å². The SMILES string of the molecule is COCCN(C)C(=O)c1cccc(Br)c1. The van der Waals surface area contributed by atoms with E-state index in [0.717, 1.165) is 4.47 Å². The Morgan fingerprint density at radius 3 is 2.87 bits per heavy atom. The summed E-state index contributed by atoms with van der Waals surface area (Å²) < 4.78 is 5.83. The second kappa shape index (κ2) is 5.88. The van der Waals surface area contributed by atoms with Gasteiger partial charge in [0.05, 0.1) is 6.61 Å². The van der Waals surface area contributed by atoms with Crippen molar-refractivity contribution >= 4 is 21.8 Å². The van der Waals surface area contributed by atoms with Gasteiger partial charge in [-0.15, -0.1) is 0 Å². The van der Waals surface area contributed by atoms with E-state index in [1.807, 2.05) is 18.2 Å². The highest BCUT2D eigenvalue weighted by molar-refractivity contribution is 9.10. The molecule has 0 saturated heterocycles. The number of rotatable bonds is 4. The molecule has 0 heterocycles. The number of nitrogens with zero attached hydrogens (tertiary/aromatic N) is 1. The quantitative estimate of drug-likeness (QED) is 0.840. The monoisotopic (exact) mass is 271 g/mol. The summed E-state index contributed by atoms with van der Waals surface area (Å²) >= 11 is 3.34. The Hall–Kier alpha value is -0.870. The second-order valence-corrected chi connectivity index (χ2v) is 4.15. The van der Waals surface area contributed by atoms with E-state index in [1.54, 1.807) is 25.1 Å². The maximum absolute atomic E-state index is 11.9. The number of hydrogen-bond acceptors (Lipinski definition) is 2. The van der Waals surface area contributed by atoms with E-state index in [1.165, 1.54) is 0 Å². The van der Waals surface area contributed by atoms with E-state index in [9.17, 15) is 4.79 Å². The van der Waals surface area contributed by atoms with Gasteiger partial charge in [0.15, 0.2) is 0 Å². The topological polar surface area (TPSA) is 29.5 Å². The average molecular weight is 272 g/mol. The Balaban J connectivity index is 2.67. The number of halogens is 1. The molecule has 3 nitrogen and oxygen atoms in total. The van der Waals surface area contributed by atoms with Crippen LogP contribution in [-0.4, -0.2) is 38.1 Å². The highest BCUT2D eigenvalue weighted by Crippen LogP contribution is 2.12. The molecule has 0 aliphatic heterocycles. The molecule has 0 unspecified atom stereocenters. The van der Waals surface area contributed by atoms with Gasteiger partial charge >= 0.3 is 0 Å². The standard InChI is InChI=1S/C11H14BrNO2/c1-13(6-7-15-2)11(14)9-4-3-5-10(12)8-9/h3-5,8H,6-7H2,1-2H3. The first kappa shape index (κ1) is 12.2. The molecule has 0 aromatic heterocycles. The summed E-state index contributed by atoms with van der Waals surface area (Å²) in [5.74, 6) is 0.00773. The number of amides is 1. The van der Waals surface area contributed by atoms with Crippen LogP contribution >= 0.6 is 15.9 Å². The van der Waals surface area contributed by atoms with E-state index in [2.05, 4.69) is 15.9 Å². The van der Waals surface area contributed by atoms with Crippen LogP contribution in [0.1, 0.15) is 10.4 Å². The summed E-state index contributed by atoms with van der Waals surface area (Å²) in [6.45, 7) is 1.15. The summed E-state index contributed by atoms with van der Waals surface area (Å²) in [6.07, 6.45) is 0. The lowest BCUT2D eigenvalue weighted by molar-refractivity contribution is 0.0744. The molecule has 4 heteroatoms. The fourth-order valence-corrected chi connectivity index (χ4v) is 1.57. The number of ether oxygens (including phenoxy) is 1. The van der Waals surface area contributed by atoms with Crippen molar-refractivity contribution in [1.29, 1.82) is 0 Å². The van der Waals surface area contributed by atoms with Gasteiger partial charge in [0.2, 0.25) is 0 Å². The van der Waals surface area contributed by atoms with Crippen molar-refractivity contribution in [3.8, 4) is 0 Å². The third-order valence-electron chi connectivity index (χ3n) is 2.05. The number of hydrogen-bond donors (Lipinski definition) is 0. The Morgan fingerprint density at radius 2 is 2.27 bits per heavy atom. The van der Waals surface area contributed by atoms with Crippen LogP contribution in [0.4, 0.5) is 0 Å². The van der Waals surface area contributed by atoms with Crippen molar-refractivity contribution in [2.75, 3.05) is 27.3 Å². The molecular weight excluding hydrogens is 258 g/mol. The lowest BCUT2D eigenvalue weighted by Crippen LogP contribution is -2.29. The summed E-state index contributed by atoms with van der Waals surface area (Å²) in [4.78, 5) is 13.5. The average Bonchev–Trinajstić information content (AvgIpc) is 2.24. The fraction of sp³-hybridized carbons (Fsp3) is 0.364. The van der Waals surface area contributed by atoms with Crippen molar-refractivity contribution < 1.29 is 9.53 Å². The smallest absolute Gasteiger partial charge is 0.253 e. The molecule has 0 radical (unpaired) electrons. The van der Waals surface area contributed by atoms with Crippen molar-refractivity contribution in [2.24, 2.45) is 0 Å². The maximum atomic E-state index is 11.9. The lowest BCUT2D eigenvalue weighted by Gasteiger charge is -2.16. The van der Waals surface area contributed by atoms with Crippen LogP contribution in [0.5, 0.6) is 0 Å². The zero-order valence-corrected chi connectivity index (χ0v) is 10.5. The van der Waals surface area contributed by atoms with Crippen LogP contribution in [0, 0.1) is 0 Å². The maximum Gasteiger partial charge on any atom is 0.253 e. The lowest BCUT2D eigenvalue weighted by atomic mass is 10.2. The molecule has 0 bridgehead atoms. The molecule has 82 valence electrons. The fourth-order valence-electron chi connectivity index (χ4n) is 1.17. The van der Waals surface area contributed by atoms with Crippen molar-refractivity contribution in [1.82, 2.24) is 4.90 Å². The molecule has 1 amide bonds. The summed E-state index contributed by atoms with van der Waals surface area (Å²) in [7, 11) is 3.39. The minimum Gasteiger partial charge on any atom is -0.383 e. The van der Waals surface area contributed by atoms with Gasteiger partial charge in [0.25, 0.3) is 5.91 Å². The van der Waals surface area contributed by atoms with E-state index in [4.69, 9.17) is 4.74 Å². The first-order chi connectivity index (χ1) is 7.15. The van der Waals surface area contributed by atoms with Crippen LogP contribution in [0.3, 0.4) is 0 Å². The van der Waals surface area contributed by atoms with Crippen LogP contribution < -0.4 is 0 Å². The molecule has 0 atom stereocenters. The van der Waals surface area contributed by atoms with Crippen molar-refractivity contribution in [3.05, 3.63) is 34.3 Å². The van der Waals surface area contributed by atoms with Crippen LogP contribution in [0.25, 0.3) is 0 Å². The molecule has 1 aromatic carbocycles. The minimum atomic E-state index is 0.00773. The van der Waals surface area contributed by atoms with Gasteiger partial charge in [-0.3, -0.25) is 4.79 Å². The van der Waals surface area contributed by atoms with E-state index >= 15 is 0 Å². The van der Waals surface area contributed by atoms with Crippen molar-refractivity contribution in [3.63, 3.8) is 0 Å². The molecule has 1 aromatic rings. The Morgan fingerprint density at radius 1 is 1.53 bits per heavy atom. The van der Waals surface area contributed by atoms with Gasteiger partial charge in [0, 0.05) is 30.7 Å². The Labute approximate surface area is 98.2 Å². The Kier molecular flexibility index (Phi) is 4.78. The molecule has 1 rings (SSSR count).